The molecule has 0 amide bonds. The summed E-state index contributed by atoms with van der Waals surface area (Å²) in [5, 5.41) is 0. The monoisotopic (exact) mass is 259 g/mol. The van der Waals surface area contributed by atoms with Crippen LogP contribution in [0.15, 0.2) is 40.3 Å². The second-order valence-corrected chi connectivity index (χ2v) is 3.89. The molecular weight excluding hydrogens is 249 g/mol. The third-order valence-electron chi connectivity index (χ3n) is 1.72. The molecule has 0 aliphatic rings. The van der Waals surface area contributed by atoms with Gasteiger partial charge in [0.15, 0.2) is 0 Å². The minimum atomic E-state index is 0.819. The highest BCUT2D eigenvalue weighted by Crippen LogP contribution is 2.18. The molecule has 0 bridgehead atoms. The van der Waals surface area contributed by atoms with Crippen molar-refractivity contribution in [3.05, 3.63) is 40.3 Å². The van der Waals surface area contributed by atoms with Crippen LogP contribution in [0.25, 0.3) is 0 Å². The zero-order chi connectivity index (χ0) is 9.68. The average molecular weight is 261 g/mol. The lowest BCUT2D eigenvalue weighted by Gasteiger charge is -2.16. The zero-order valence-electron chi connectivity index (χ0n) is 7.37. The number of likely N-dealkylation sites (N-methyl/N-ethyl adjacent to an activating group) is 1. The molecule has 1 aromatic carbocycles. The van der Waals surface area contributed by atoms with Gasteiger partial charge in [-0.25, -0.2) is 0 Å². The van der Waals surface area contributed by atoms with Crippen LogP contribution in [-0.4, -0.2) is 13.6 Å². The molecule has 0 fully saturated rings. The van der Waals surface area contributed by atoms with Crippen LogP contribution in [0, 0.1) is 0 Å². The van der Waals surface area contributed by atoms with Crippen LogP contribution in [0.5, 0.6) is 0 Å². The number of hydrogen-bond acceptors (Lipinski definition) is 1. The van der Waals surface area contributed by atoms with Crippen molar-refractivity contribution in [2.75, 3.05) is 18.5 Å². The Morgan fingerprint density at radius 1 is 1.54 bits per heavy atom. The summed E-state index contributed by atoms with van der Waals surface area (Å²) in [7, 11) is 2.03. The Bertz CT molecular complexity index is 299. The number of nitrogens with zero attached hydrogens (tertiary/aromatic N) is 1. The SMILES string of the molecule is CN(C/C=C/Cl)c1cccc(Br)c1. The van der Waals surface area contributed by atoms with Crippen molar-refractivity contribution in [3.8, 4) is 0 Å². The molecule has 0 aromatic heterocycles. The van der Waals surface area contributed by atoms with Gasteiger partial charge in [-0.3, -0.25) is 0 Å². The minimum Gasteiger partial charge on any atom is -0.371 e. The van der Waals surface area contributed by atoms with E-state index in [9.17, 15) is 0 Å². The van der Waals surface area contributed by atoms with Crippen LogP contribution in [0.2, 0.25) is 0 Å². The molecule has 0 radical (unpaired) electrons. The van der Waals surface area contributed by atoms with Crippen LogP contribution in [-0.2, 0) is 0 Å². The van der Waals surface area contributed by atoms with E-state index in [4.69, 9.17) is 11.6 Å². The number of hydrogen-bond donors (Lipinski definition) is 0. The first kappa shape index (κ1) is 10.6. The lowest BCUT2D eigenvalue weighted by molar-refractivity contribution is 1.03. The Morgan fingerprint density at radius 3 is 2.92 bits per heavy atom. The van der Waals surface area contributed by atoms with E-state index in [1.54, 1.807) is 0 Å². The highest BCUT2D eigenvalue weighted by molar-refractivity contribution is 9.10. The molecule has 1 nitrogen and oxygen atoms in total. The average Bonchev–Trinajstić information content (AvgIpc) is 2.14. The molecule has 0 unspecified atom stereocenters. The van der Waals surface area contributed by atoms with Gasteiger partial charge in [-0.15, -0.1) is 0 Å². The van der Waals surface area contributed by atoms with Crippen LogP contribution < -0.4 is 4.90 Å². The highest BCUT2D eigenvalue weighted by Gasteiger charge is 1.97. The summed E-state index contributed by atoms with van der Waals surface area (Å²) in [6.07, 6.45) is 1.91. The summed E-state index contributed by atoms with van der Waals surface area (Å²) in [5.74, 6) is 0. The van der Waals surface area contributed by atoms with Gasteiger partial charge in [0.05, 0.1) is 0 Å². The maximum absolute atomic E-state index is 5.45. The van der Waals surface area contributed by atoms with Crippen LogP contribution in [0.4, 0.5) is 5.69 Å². The van der Waals surface area contributed by atoms with E-state index >= 15 is 0 Å². The molecule has 0 aliphatic heterocycles. The Kier molecular flexibility index (Phi) is 4.33. The summed E-state index contributed by atoms with van der Waals surface area (Å²) < 4.78 is 1.09. The molecule has 0 saturated heterocycles. The second kappa shape index (κ2) is 5.30. The van der Waals surface area contributed by atoms with Crippen molar-refractivity contribution in [1.29, 1.82) is 0 Å². The van der Waals surface area contributed by atoms with Crippen molar-refractivity contribution < 1.29 is 0 Å². The highest BCUT2D eigenvalue weighted by atomic mass is 79.9. The fraction of sp³-hybridized carbons (Fsp3) is 0.200. The second-order valence-electron chi connectivity index (χ2n) is 2.72. The zero-order valence-corrected chi connectivity index (χ0v) is 9.72. The first-order valence-corrected chi connectivity index (χ1v) is 5.19. The Hall–Kier alpha value is -0.470. The predicted octanol–water partition coefficient (Wildman–Crippen LogP) is 3.64. The summed E-state index contributed by atoms with van der Waals surface area (Å²) >= 11 is 8.88. The third kappa shape index (κ3) is 3.41. The molecule has 0 heterocycles. The van der Waals surface area contributed by atoms with E-state index in [-0.39, 0.29) is 0 Å². The molecular formula is C10H11BrClN. The van der Waals surface area contributed by atoms with Gasteiger partial charge in [0, 0.05) is 29.3 Å². The van der Waals surface area contributed by atoms with Crippen molar-refractivity contribution >= 4 is 33.2 Å². The van der Waals surface area contributed by atoms with Crippen molar-refractivity contribution in [2.45, 2.75) is 0 Å². The first-order valence-electron chi connectivity index (χ1n) is 3.96. The van der Waals surface area contributed by atoms with Gasteiger partial charge < -0.3 is 4.90 Å². The van der Waals surface area contributed by atoms with Crippen molar-refractivity contribution in [2.24, 2.45) is 0 Å². The van der Waals surface area contributed by atoms with Gasteiger partial charge in [-0.1, -0.05) is 39.7 Å². The number of anilines is 1. The Labute approximate surface area is 92.1 Å². The van der Waals surface area contributed by atoms with Crippen molar-refractivity contribution in [1.82, 2.24) is 0 Å². The van der Waals surface area contributed by atoms with Crippen LogP contribution in [0.1, 0.15) is 0 Å². The lowest BCUT2D eigenvalue weighted by Crippen LogP contribution is -2.16. The maximum atomic E-state index is 5.45. The van der Waals surface area contributed by atoms with E-state index < -0.39 is 0 Å². The Morgan fingerprint density at radius 2 is 2.31 bits per heavy atom. The quantitative estimate of drug-likeness (QED) is 0.802. The topological polar surface area (TPSA) is 3.24 Å². The van der Waals surface area contributed by atoms with Gasteiger partial charge in [0.1, 0.15) is 0 Å². The van der Waals surface area contributed by atoms with E-state index in [2.05, 4.69) is 33.0 Å². The summed E-state index contributed by atoms with van der Waals surface area (Å²) in [4.78, 5) is 2.11. The van der Waals surface area contributed by atoms with Crippen molar-refractivity contribution in [3.63, 3.8) is 0 Å². The minimum absolute atomic E-state index is 0.819. The summed E-state index contributed by atoms with van der Waals surface area (Å²) in [6.45, 7) is 0.819. The normalized spacial score (nSPS) is 10.7. The molecule has 13 heavy (non-hydrogen) atoms. The van der Waals surface area contributed by atoms with Gasteiger partial charge in [0.25, 0.3) is 0 Å². The molecule has 3 heteroatoms. The fourth-order valence-electron chi connectivity index (χ4n) is 1.02. The summed E-state index contributed by atoms with van der Waals surface area (Å²) in [6, 6.07) is 8.16. The Balaban J connectivity index is 2.70. The van der Waals surface area contributed by atoms with E-state index in [0.29, 0.717) is 0 Å². The smallest absolute Gasteiger partial charge is 0.0377 e. The number of rotatable bonds is 3. The molecule has 0 N–H and O–H groups in total. The van der Waals surface area contributed by atoms with E-state index in [0.717, 1.165) is 11.0 Å². The number of halogens is 2. The van der Waals surface area contributed by atoms with Crippen LogP contribution >= 0.6 is 27.5 Å². The van der Waals surface area contributed by atoms with Crippen LogP contribution in [0.3, 0.4) is 0 Å². The molecule has 1 rings (SSSR count). The number of benzene rings is 1. The van der Waals surface area contributed by atoms with E-state index in [1.165, 1.54) is 11.2 Å². The predicted molar refractivity (Wildman–Crippen MR) is 62.4 cm³/mol. The summed E-state index contributed by atoms with van der Waals surface area (Å²) in [5.41, 5.74) is 2.71. The first-order chi connectivity index (χ1) is 6.24. The molecule has 70 valence electrons. The fourth-order valence-corrected chi connectivity index (χ4v) is 1.48. The molecule has 0 atom stereocenters. The maximum Gasteiger partial charge on any atom is 0.0377 e. The van der Waals surface area contributed by atoms with Gasteiger partial charge in [0.2, 0.25) is 0 Å². The molecule has 1 aromatic rings. The molecule has 0 spiro atoms. The third-order valence-corrected chi connectivity index (χ3v) is 2.39. The van der Waals surface area contributed by atoms with Gasteiger partial charge >= 0.3 is 0 Å². The lowest BCUT2D eigenvalue weighted by atomic mass is 10.3. The standard InChI is InChI=1S/C10H11BrClN/c1-13(7-3-6-12)10-5-2-4-9(11)8-10/h2-6,8H,7H2,1H3/b6-3+. The molecule has 0 saturated carbocycles. The largest absolute Gasteiger partial charge is 0.371 e. The van der Waals surface area contributed by atoms with Gasteiger partial charge in [-0.2, -0.15) is 0 Å². The van der Waals surface area contributed by atoms with E-state index in [1.807, 2.05) is 25.3 Å². The molecule has 0 aliphatic carbocycles. The van der Waals surface area contributed by atoms with Gasteiger partial charge in [-0.05, 0) is 18.2 Å².